The number of carbonyl (C=O) groups is 2. The zero-order chi connectivity index (χ0) is 32.8. The molecule has 0 aliphatic heterocycles. The molecular formula is C31H37ClN4O7S. The summed E-state index contributed by atoms with van der Waals surface area (Å²) in [5.41, 5.74) is 1.49. The molecule has 0 heterocycles. The van der Waals surface area contributed by atoms with Crippen molar-refractivity contribution in [3.8, 4) is 5.75 Å². The zero-order valence-corrected chi connectivity index (χ0v) is 27.1. The summed E-state index contributed by atoms with van der Waals surface area (Å²) in [5, 5.41) is 14.7. The SMILES string of the molecule is CCC(C(=O)NC(C)C)N(Cc1ccccc1C)C(=O)CN(c1cc(Cl)ccc1OC)S(=O)(=O)c1ccc(C)c([N+](=O)[O-])c1. The van der Waals surface area contributed by atoms with Crippen molar-refractivity contribution in [2.45, 2.75) is 64.6 Å². The van der Waals surface area contributed by atoms with Crippen LogP contribution < -0.4 is 14.4 Å². The zero-order valence-electron chi connectivity index (χ0n) is 25.5. The van der Waals surface area contributed by atoms with Gasteiger partial charge in [0.05, 0.1) is 22.6 Å². The molecule has 0 aliphatic carbocycles. The molecular weight excluding hydrogens is 608 g/mol. The van der Waals surface area contributed by atoms with E-state index in [9.17, 15) is 28.1 Å². The summed E-state index contributed by atoms with van der Waals surface area (Å²) in [5.74, 6) is -0.956. The number of nitro groups is 1. The van der Waals surface area contributed by atoms with Crippen molar-refractivity contribution in [2.24, 2.45) is 0 Å². The molecule has 236 valence electrons. The minimum atomic E-state index is -4.62. The number of nitrogens with zero attached hydrogens (tertiary/aromatic N) is 3. The number of anilines is 1. The van der Waals surface area contributed by atoms with Crippen LogP contribution in [-0.2, 0) is 26.2 Å². The van der Waals surface area contributed by atoms with Crippen LogP contribution in [0.3, 0.4) is 0 Å². The Morgan fingerprint density at radius 1 is 1.05 bits per heavy atom. The minimum absolute atomic E-state index is 0.0338. The van der Waals surface area contributed by atoms with E-state index in [1.807, 2.05) is 31.2 Å². The van der Waals surface area contributed by atoms with E-state index in [0.29, 0.717) is 0 Å². The topological polar surface area (TPSA) is 139 Å². The van der Waals surface area contributed by atoms with Crippen LogP contribution in [0, 0.1) is 24.0 Å². The van der Waals surface area contributed by atoms with Crippen LogP contribution >= 0.6 is 11.6 Å². The van der Waals surface area contributed by atoms with Crippen molar-refractivity contribution >= 4 is 44.8 Å². The number of ether oxygens (including phenoxy) is 1. The Balaban J connectivity index is 2.20. The van der Waals surface area contributed by atoms with Gasteiger partial charge < -0.3 is 15.0 Å². The highest BCUT2D eigenvalue weighted by atomic mass is 35.5. The third-order valence-corrected chi connectivity index (χ3v) is 9.06. The highest BCUT2D eigenvalue weighted by molar-refractivity contribution is 7.92. The van der Waals surface area contributed by atoms with E-state index in [4.69, 9.17) is 16.3 Å². The Morgan fingerprint density at radius 2 is 1.73 bits per heavy atom. The number of nitro benzene ring substituents is 1. The Kier molecular flexibility index (Phi) is 11.3. The number of carbonyl (C=O) groups excluding carboxylic acids is 2. The summed E-state index contributed by atoms with van der Waals surface area (Å²) >= 11 is 6.27. The fourth-order valence-corrected chi connectivity index (χ4v) is 6.32. The molecule has 0 fully saturated rings. The number of sulfonamides is 1. The molecule has 0 aliphatic rings. The van der Waals surface area contributed by atoms with Crippen molar-refractivity contribution in [2.75, 3.05) is 18.0 Å². The molecule has 0 saturated heterocycles. The van der Waals surface area contributed by atoms with Crippen LogP contribution in [0.4, 0.5) is 11.4 Å². The fraction of sp³-hybridized carbons (Fsp3) is 0.355. The summed E-state index contributed by atoms with van der Waals surface area (Å²) in [7, 11) is -3.28. The van der Waals surface area contributed by atoms with Gasteiger partial charge in [0, 0.05) is 29.2 Å². The van der Waals surface area contributed by atoms with Crippen LogP contribution in [-0.4, -0.2) is 55.8 Å². The molecule has 1 unspecified atom stereocenters. The van der Waals surface area contributed by atoms with Crippen molar-refractivity contribution in [1.29, 1.82) is 0 Å². The summed E-state index contributed by atoms with van der Waals surface area (Å²) in [6, 6.07) is 14.1. The monoisotopic (exact) mass is 644 g/mol. The summed E-state index contributed by atoms with van der Waals surface area (Å²) in [4.78, 5) is 39.5. The lowest BCUT2D eigenvalue weighted by atomic mass is 10.1. The number of hydrogen-bond acceptors (Lipinski definition) is 7. The van der Waals surface area contributed by atoms with Gasteiger partial charge in [0.25, 0.3) is 15.7 Å². The molecule has 3 aromatic rings. The molecule has 3 rings (SSSR count). The van der Waals surface area contributed by atoms with E-state index in [0.717, 1.165) is 21.5 Å². The van der Waals surface area contributed by atoms with Crippen molar-refractivity contribution in [1.82, 2.24) is 10.2 Å². The van der Waals surface area contributed by atoms with Gasteiger partial charge in [-0.15, -0.1) is 0 Å². The molecule has 3 aromatic carbocycles. The first-order valence-corrected chi connectivity index (χ1v) is 15.8. The predicted molar refractivity (Wildman–Crippen MR) is 169 cm³/mol. The van der Waals surface area contributed by atoms with Gasteiger partial charge in [-0.1, -0.05) is 48.9 Å². The van der Waals surface area contributed by atoms with Crippen LogP contribution in [0.15, 0.2) is 65.6 Å². The van der Waals surface area contributed by atoms with Crippen molar-refractivity contribution in [3.05, 3.63) is 92.5 Å². The summed E-state index contributed by atoms with van der Waals surface area (Å²) in [6.07, 6.45) is 0.258. The van der Waals surface area contributed by atoms with Gasteiger partial charge in [-0.25, -0.2) is 8.42 Å². The second-order valence-corrected chi connectivity index (χ2v) is 12.9. The van der Waals surface area contributed by atoms with Crippen LogP contribution in [0.2, 0.25) is 5.02 Å². The van der Waals surface area contributed by atoms with Gasteiger partial charge in [0.15, 0.2) is 0 Å². The molecule has 0 aromatic heterocycles. The van der Waals surface area contributed by atoms with E-state index in [2.05, 4.69) is 5.32 Å². The van der Waals surface area contributed by atoms with Gasteiger partial charge in [-0.2, -0.15) is 0 Å². The number of nitrogens with one attached hydrogen (secondary N) is 1. The third-order valence-electron chi connectivity index (χ3n) is 7.07. The number of aryl methyl sites for hydroxylation is 2. The second kappa shape index (κ2) is 14.5. The first kappa shape index (κ1) is 34.3. The molecule has 44 heavy (non-hydrogen) atoms. The van der Waals surface area contributed by atoms with E-state index < -0.39 is 44.0 Å². The summed E-state index contributed by atoms with van der Waals surface area (Å²) < 4.78 is 34.7. The minimum Gasteiger partial charge on any atom is -0.495 e. The first-order chi connectivity index (χ1) is 20.7. The molecule has 2 amide bonds. The van der Waals surface area contributed by atoms with Crippen LogP contribution in [0.5, 0.6) is 5.75 Å². The van der Waals surface area contributed by atoms with Crippen LogP contribution in [0.25, 0.3) is 0 Å². The standard InChI is InChI=1S/C31H37ClN4O7S/c1-7-26(31(38)33-20(2)3)34(18-23-11-9-8-10-21(23)4)30(37)19-35(28-16-24(32)13-15-29(28)43-6)44(41,42)25-14-12-22(5)27(17-25)36(39)40/h8-17,20,26H,7,18-19H2,1-6H3,(H,33,38). The maximum absolute atomic E-state index is 14.3. The van der Waals surface area contributed by atoms with Gasteiger partial charge in [-0.05, 0) is 69.5 Å². The lowest BCUT2D eigenvalue weighted by Crippen LogP contribution is -2.53. The Morgan fingerprint density at radius 3 is 2.32 bits per heavy atom. The molecule has 13 heteroatoms. The second-order valence-electron chi connectivity index (χ2n) is 10.6. The maximum Gasteiger partial charge on any atom is 0.273 e. The fourth-order valence-electron chi connectivity index (χ4n) is 4.72. The number of rotatable bonds is 13. The smallest absolute Gasteiger partial charge is 0.273 e. The quantitative estimate of drug-likeness (QED) is 0.194. The van der Waals surface area contributed by atoms with E-state index >= 15 is 0 Å². The Labute approximate surface area is 263 Å². The summed E-state index contributed by atoms with van der Waals surface area (Å²) in [6.45, 7) is 8.03. The number of methoxy groups -OCH3 is 1. The Hall–Kier alpha value is -4.16. The molecule has 0 bridgehead atoms. The van der Waals surface area contributed by atoms with Gasteiger partial charge in [0.2, 0.25) is 11.8 Å². The molecule has 11 nitrogen and oxygen atoms in total. The average molecular weight is 645 g/mol. The lowest BCUT2D eigenvalue weighted by molar-refractivity contribution is -0.385. The highest BCUT2D eigenvalue weighted by Crippen LogP contribution is 2.36. The number of benzene rings is 3. The normalized spacial score (nSPS) is 12.0. The van der Waals surface area contributed by atoms with Gasteiger partial charge in [0.1, 0.15) is 18.3 Å². The van der Waals surface area contributed by atoms with Crippen molar-refractivity contribution in [3.63, 3.8) is 0 Å². The van der Waals surface area contributed by atoms with Gasteiger partial charge >= 0.3 is 0 Å². The largest absolute Gasteiger partial charge is 0.495 e. The van der Waals surface area contributed by atoms with E-state index in [-0.39, 0.29) is 46.9 Å². The molecule has 1 atom stereocenters. The maximum atomic E-state index is 14.3. The van der Waals surface area contributed by atoms with Crippen molar-refractivity contribution < 1.29 is 27.7 Å². The molecule has 1 N–H and O–H groups in total. The molecule has 0 radical (unpaired) electrons. The Bertz CT molecular complexity index is 1650. The van der Waals surface area contributed by atoms with Gasteiger partial charge in [-0.3, -0.25) is 24.0 Å². The number of amides is 2. The number of hydrogen-bond donors (Lipinski definition) is 1. The lowest BCUT2D eigenvalue weighted by Gasteiger charge is -2.34. The van der Waals surface area contributed by atoms with Crippen LogP contribution in [0.1, 0.15) is 43.9 Å². The number of halogens is 1. The third kappa shape index (κ3) is 7.86. The highest BCUT2D eigenvalue weighted by Gasteiger charge is 2.36. The first-order valence-electron chi connectivity index (χ1n) is 14.0. The molecule has 0 spiro atoms. The molecule has 0 saturated carbocycles. The average Bonchev–Trinajstić information content (AvgIpc) is 2.96. The predicted octanol–water partition coefficient (Wildman–Crippen LogP) is 5.40. The van der Waals surface area contributed by atoms with E-state index in [1.54, 1.807) is 20.8 Å². The van der Waals surface area contributed by atoms with E-state index in [1.165, 1.54) is 49.3 Å².